The summed E-state index contributed by atoms with van der Waals surface area (Å²) < 4.78 is 94.1. The zero-order chi connectivity index (χ0) is 46.8. The molecular formula is C43H50F2N8O12S. The van der Waals surface area contributed by atoms with E-state index in [1.807, 2.05) is 48.5 Å². The summed E-state index contributed by atoms with van der Waals surface area (Å²) >= 11 is 0. The second-order valence-corrected chi connectivity index (χ2v) is 16.9. The molecule has 0 radical (unpaired) electrons. The van der Waals surface area contributed by atoms with E-state index >= 15 is 4.39 Å². The van der Waals surface area contributed by atoms with Gasteiger partial charge in [0.2, 0.25) is 6.79 Å². The Morgan fingerprint density at radius 2 is 1.62 bits per heavy atom. The molecule has 2 aliphatic rings. The van der Waals surface area contributed by atoms with Crippen LogP contribution in [0.2, 0.25) is 0 Å². The van der Waals surface area contributed by atoms with E-state index in [4.69, 9.17) is 28.2 Å². The number of anilines is 2. The smallest absolute Gasteiger partial charge is 0.493 e. The molecule has 66 heavy (non-hydrogen) atoms. The Balaban J connectivity index is 0.856. The van der Waals surface area contributed by atoms with Crippen molar-refractivity contribution in [3.8, 4) is 11.4 Å². The van der Waals surface area contributed by atoms with Crippen molar-refractivity contribution in [2.24, 2.45) is 5.92 Å². The van der Waals surface area contributed by atoms with Crippen LogP contribution in [0.4, 0.5) is 25.0 Å². The highest BCUT2D eigenvalue weighted by molar-refractivity contribution is 7.80. The van der Waals surface area contributed by atoms with Crippen LogP contribution in [0.1, 0.15) is 51.1 Å². The zero-order valence-electron chi connectivity index (χ0n) is 36.2. The normalized spacial score (nSPS) is 18.5. The highest BCUT2D eigenvalue weighted by Gasteiger charge is 2.45. The van der Waals surface area contributed by atoms with Crippen LogP contribution in [0.3, 0.4) is 0 Å². The molecule has 1 N–H and O–H groups in total. The molecule has 20 nitrogen and oxygen atoms in total. The van der Waals surface area contributed by atoms with Crippen molar-refractivity contribution in [3.63, 3.8) is 0 Å². The molecule has 0 amide bonds. The Morgan fingerprint density at radius 3 is 2.26 bits per heavy atom. The lowest BCUT2D eigenvalue weighted by Gasteiger charge is -2.37. The van der Waals surface area contributed by atoms with Gasteiger partial charge in [0.1, 0.15) is 48.1 Å². The molecule has 2 saturated heterocycles. The first-order valence-electron chi connectivity index (χ1n) is 21.2. The monoisotopic (exact) mass is 940 g/mol. The molecule has 23 heteroatoms. The SMILES string of the molecule is CC[C@@H]([C@H](C)OC(=O)OCOC(=O)CCCOS(=O)(=O)O)n1ncn(-c2ccc(N3CCN(c4ccc(OC[C@@H]5CO[C@@](Cn6cncn6)(c6ccc(F)cc6F)C5)cc4)CC3)cc2)c1=O. The highest BCUT2D eigenvalue weighted by atomic mass is 32.3. The van der Waals surface area contributed by atoms with Crippen molar-refractivity contribution in [2.45, 2.75) is 63.8 Å². The van der Waals surface area contributed by atoms with E-state index < -0.39 is 71.0 Å². The van der Waals surface area contributed by atoms with Gasteiger partial charge < -0.3 is 33.5 Å². The topological polar surface area (TPSA) is 221 Å². The lowest BCUT2D eigenvalue weighted by atomic mass is 9.87. The first-order valence-corrected chi connectivity index (χ1v) is 22.6. The maximum absolute atomic E-state index is 15.0. The van der Waals surface area contributed by atoms with Gasteiger partial charge in [-0.05, 0) is 80.8 Å². The minimum absolute atomic E-state index is 0.0522. The fourth-order valence-corrected chi connectivity index (χ4v) is 8.41. The first kappa shape index (κ1) is 47.5. The van der Waals surface area contributed by atoms with Crippen LogP contribution in [0.25, 0.3) is 5.69 Å². The standard InChI is InChI=1S/C43H50F2N8O12S/c1-3-39(30(2)65-42(56)62-29-61-40(54)5-4-20-64-66(57,58)59)53-41(55)52(28-48-53)35-9-7-33(8-10-35)49-16-18-50(19-17-49)34-11-13-36(14-12-34)60-23-31-22-43(63-24-31,25-51-27-46-26-47-51)37-15-6-32(44)21-38(37)45/h6-15,21,26-28,30-31,39H,3-5,16-20,22-25,29H2,1-2H3,(H,57,58,59)/t30-,31+,39-,43-/m0/s1. The quantitative estimate of drug-likeness (QED) is 0.0478. The summed E-state index contributed by atoms with van der Waals surface area (Å²) in [6.45, 7) is 6.15. The van der Waals surface area contributed by atoms with Crippen LogP contribution in [-0.4, -0.2) is 113 Å². The first-order chi connectivity index (χ1) is 31.7. The van der Waals surface area contributed by atoms with E-state index in [-0.39, 0.29) is 30.9 Å². The molecule has 4 heterocycles. The maximum Gasteiger partial charge on any atom is 0.511 e. The highest BCUT2D eigenvalue weighted by Crippen LogP contribution is 2.42. The summed E-state index contributed by atoms with van der Waals surface area (Å²) in [4.78, 5) is 46.1. The van der Waals surface area contributed by atoms with Gasteiger partial charge in [-0.1, -0.05) is 13.0 Å². The molecule has 2 aliphatic heterocycles. The number of aromatic nitrogens is 6. The van der Waals surface area contributed by atoms with E-state index in [0.717, 1.165) is 43.6 Å². The molecular weight excluding hydrogens is 891 g/mol. The molecule has 0 unspecified atom stereocenters. The Morgan fingerprint density at radius 1 is 0.939 bits per heavy atom. The number of ether oxygens (including phenoxy) is 5. The molecule has 3 aromatic carbocycles. The summed E-state index contributed by atoms with van der Waals surface area (Å²) in [5.74, 6) is -1.49. The third-order valence-corrected chi connectivity index (χ3v) is 11.8. The number of halogens is 2. The fourth-order valence-electron chi connectivity index (χ4n) is 8.09. The lowest BCUT2D eigenvalue weighted by Crippen LogP contribution is -2.46. The van der Waals surface area contributed by atoms with Crippen molar-refractivity contribution in [1.82, 2.24) is 29.1 Å². The molecule has 0 spiro atoms. The molecule has 0 bridgehead atoms. The number of hydrogen-bond donors (Lipinski definition) is 1. The molecule has 4 atom stereocenters. The number of carbonyl (C=O) groups is 2. The summed E-state index contributed by atoms with van der Waals surface area (Å²) in [6, 6.07) is 18.4. The van der Waals surface area contributed by atoms with Gasteiger partial charge in [0.25, 0.3) is 0 Å². The van der Waals surface area contributed by atoms with E-state index in [2.05, 4.69) is 29.2 Å². The molecule has 354 valence electrons. The molecule has 7 rings (SSSR count). The third kappa shape index (κ3) is 12.1. The minimum atomic E-state index is -4.62. The summed E-state index contributed by atoms with van der Waals surface area (Å²) in [5, 5.41) is 8.47. The largest absolute Gasteiger partial charge is 0.511 e. The Labute approximate surface area is 378 Å². The van der Waals surface area contributed by atoms with Crippen molar-refractivity contribution in [3.05, 3.63) is 113 Å². The van der Waals surface area contributed by atoms with Crippen LogP contribution < -0.4 is 20.2 Å². The second-order valence-electron chi connectivity index (χ2n) is 15.8. The number of rotatable bonds is 20. The summed E-state index contributed by atoms with van der Waals surface area (Å²) in [7, 11) is -4.62. The van der Waals surface area contributed by atoms with Gasteiger partial charge in [-0.25, -0.2) is 41.5 Å². The fraction of sp³-hybridized carbons (Fsp3) is 0.442. The predicted octanol–water partition coefficient (Wildman–Crippen LogP) is 4.83. The molecule has 2 fully saturated rings. The molecule has 5 aromatic rings. The lowest BCUT2D eigenvalue weighted by molar-refractivity contribution is -0.154. The maximum atomic E-state index is 15.0. The Kier molecular flexibility index (Phi) is 15.3. The number of piperazine rings is 1. The van der Waals surface area contributed by atoms with Gasteiger partial charge in [-0.15, -0.1) is 0 Å². The van der Waals surface area contributed by atoms with Crippen LogP contribution in [-0.2, 0) is 50.5 Å². The molecule has 2 aromatic heterocycles. The van der Waals surface area contributed by atoms with Crippen LogP contribution in [0, 0.1) is 17.6 Å². The number of benzene rings is 3. The van der Waals surface area contributed by atoms with E-state index in [9.17, 15) is 27.2 Å². The number of esters is 1. The van der Waals surface area contributed by atoms with Crippen molar-refractivity contribution in [1.29, 1.82) is 0 Å². The summed E-state index contributed by atoms with van der Waals surface area (Å²) in [5.41, 5.74) is 1.42. The summed E-state index contributed by atoms with van der Waals surface area (Å²) in [6.07, 6.45) is 2.84. The average Bonchev–Trinajstić information content (AvgIpc) is 4.06. The number of nitrogens with zero attached hydrogens (tertiary/aromatic N) is 8. The van der Waals surface area contributed by atoms with Gasteiger partial charge in [-0.2, -0.15) is 18.6 Å². The van der Waals surface area contributed by atoms with E-state index in [1.165, 1.54) is 40.4 Å². The third-order valence-electron chi connectivity index (χ3n) is 11.4. The van der Waals surface area contributed by atoms with Crippen LogP contribution >= 0.6 is 0 Å². The van der Waals surface area contributed by atoms with Gasteiger partial charge in [0.05, 0.1) is 38.1 Å². The van der Waals surface area contributed by atoms with Gasteiger partial charge >= 0.3 is 28.2 Å². The minimum Gasteiger partial charge on any atom is -0.493 e. The Bertz CT molecular complexity index is 2570. The van der Waals surface area contributed by atoms with Gasteiger partial charge in [0.15, 0.2) is 0 Å². The van der Waals surface area contributed by atoms with Crippen molar-refractivity contribution < 1.29 is 59.2 Å². The molecule has 0 aliphatic carbocycles. The van der Waals surface area contributed by atoms with E-state index in [0.29, 0.717) is 37.5 Å². The van der Waals surface area contributed by atoms with E-state index in [1.54, 1.807) is 18.5 Å². The van der Waals surface area contributed by atoms with Gasteiger partial charge in [0, 0.05) is 61.5 Å². The predicted molar refractivity (Wildman–Crippen MR) is 230 cm³/mol. The van der Waals surface area contributed by atoms with Crippen molar-refractivity contribution in [2.75, 3.05) is 62.6 Å². The van der Waals surface area contributed by atoms with Crippen molar-refractivity contribution >= 4 is 33.9 Å². The van der Waals surface area contributed by atoms with Gasteiger partial charge in [-0.3, -0.25) is 9.35 Å². The number of hydrogen-bond acceptors (Lipinski definition) is 16. The second kappa shape index (κ2) is 21.3. The van der Waals surface area contributed by atoms with Crippen LogP contribution in [0.5, 0.6) is 5.75 Å². The molecule has 0 saturated carbocycles. The average molecular weight is 941 g/mol. The van der Waals surface area contributed by atoms with Crippen LogP contribution in [0.15, 0.2) is 90.5 Å². The number of carbonyl (C=O) groups excluding carboxylic acids is 2. The Hall–Kier alpha value is -6.43. The zero-order valence-corrected chi connectivity index (χ0v) is 37.0.